The summed E-state index contributed by atoms with van der Waals surface area (Å²) in [5.41, 5.74) is 0.717. The molecule has 0 spiro atoms. The Morgan fingerprint density at radius 2 is 2.00 bits per heavy atom. The molecule has 0 saturated carbocycles. The second kappa shape index (κ2) is 5.77. The molecule has 0 bridgehead atoms. The average molecular weight is 289 g/mol. The van der Waals surface area contributed by atoms with Gasteiger partial charge in [0.2, 0.25) is 0 Å². The number of hydrogen-bond acceptors (Lipinski definition) is 3. The molecule has 110 valence electrons. The summed E-state index contributed by atoms with van der Waals surface area (Å²) in [7, 11) is 0. The number of hydrogen-bond donors (Lipinski definition) is 0. The molecule has 1 aromatic carbocycles. The molecule has 0 unspecified atom stereocenters. The number of ether oxygens (including phenoxy) is 1. The number of carbonyl (C=O) groups excluding carboxylic acids is 2. The Bertz CT molecular complexity index is 605. The van der Waals surface area contributed by atoms with Crippen LogP contribution in [-0.2, 0) is 14.3 Å². The van der Waals surface area contributed by atoms with E-state index >= 15 is 0 Å². The lowest BCUT2D eigenvalue weighted by Crippen LogP contribution is -2.37. The summed E-state index contributed by atoms with van der Waals surface area (Å²) in [4.78, 5) is 25.7. The van der Waals surface area contributed by atoms with Crippen LogP contribution in [-0.4, -0.2) is 36.5 Å². The van der Waals surface area contributed by atoms with Crippen LogP contribution < -0.4 is 0 Å². The number of amides is 2. The van der Waals surface area contributed by atoms with Crippen molar-refractivity contribution in [3.05, 3.63) is 41.7 Å². The van der Waals surface area contributed by atoms with E-state index in [2.05, 4.69) is 0 Å². The van der Waals surface area contributed by atoms with Crippen molar-refractivity contribution in [2.24, 2.45) is 5.92 Å². The standard InChI is InChI=1S/C16H16FNO3/c17-13-3-1-2-12(8-13)14-9-15(19)18(16(14)20)10-11-4-6-21-7-5-11/h1-3,8-9,11H,4-7,10H2. The van der Waals surface area contributed by atoms with Gasteiger partial charge in [-0.15, -0.1) is 0 Å². The van der Waals surface area contributed by atoms with Crippen LogP contribution >= 0.6 is 0 Å². The first-order chi connectivity index (χ1) is 10.1. The third-order valence-electron chi connectivity index (χ3n) is 3.93. The fourth-order valence-electron chi connectivity index (χ4n) is 2.73. The number of rotatable bonds is 3. The molecule has 5 heteroatoms. The molecular weight excluding hydrogens is 273 g/mol. The topological polar surface area (TPSA) is 46.6 Å². The highest BCUT2D eigenvalue weighted by Gasteiger charge is 2.33. The normalized spacial score (nSPS) is 20.0. The summed E-state index contributed by atoms with van der Waals surface area (Å²) in [6.45, 7) is 1.76. The van der Waals surface area contributed by atoms with E-state index in [0.717, 1.165) is 12.8 Å². The van der Waals surface area contributed by atoms with Crippen molar-refractivity contribution in [2.75, 3.05) is 19.8 Å². The second-order valence-electron chi connectivity index (χ2n) is 5.38. The fraction of sp³-hybridized carbons (Fsp3) is 0.375. The van der Waals surface area contributed by atoms with Gasteiger partial charge in [0, 0.05) is 25.8 Å². The summed E-state index contributed by atoms with van der Waals surface area (Å²) >= 11 is 0. The molecule has 1 saturated heterocycles. The molecule has 1 aromatic rings. The lowest BCUT2D eigenvalue weighted by atomic mass is 9.99. The molecule has 2 aliphatic heterocycles. The van der Waals surface area contributed by atoms with Crippen molar-refractivity contribution in [1.82, 2.24) is 4.90 Å². The molecule has 2 heterocycles. The van der Waals surface area contributed by atoms with E-state index in [0.29, 0.717) is 25.3 Å². The van der Waals surface area contributed by atoms with Crippen LogP contribution in [0.4, 0.5) is 4.39 Å². The van der Waals surface area contributed by atoms with Gasteiger partial charge in [-0.3, -0.25) is 14.5 Å². The van der Waals surface area contributed by atoms with Crippen LogP contribution in [0.5, 0.6) is 0 Å². The van der Waals surface area contributed by atoms with Crippen molar-refractivity contribution in [2.45, 2.75) is 12.8 Å². The van der Waals surface area contributed by atoms with Crippen LogP contribution in [0.15, 0.2) is 30.3 Å². The van der Waals surface area contributed by atoms with E-state index < -0.39 is 5.82 Å². The van der Waals surface area contributed by atoms with E-state index in [1.54, 1.807) is 6.07 Å². The SMILES string of the molecule is O=C1C=C(c2cccc(F)c2)C(=O)N1CC1CCOCC1. The number of nitrogens with zero attached hydrogens (tertiary/aromatic N) is 1. The molecule has 2 aliphatic rings. The maximum atomic E-state index is 13.3. The third-order valence-corrected chi connectivity index (χ3v) is 3.93. The van der Waals surface area contributed by atoms with Gasteiger partial charge in [-0.25, -0.2) is 4.39 Å². The Morgan fingerprint density at radius 1 is 1.24 bits per heavy atom. The largest absolute Gasteiger partial charge is 0.381 e. The van der Waals surface area contributed by atoms with Crippen molar-refractivity contribution in [3.8, 4) is 0 Å². The lowest BCUT2D eigenvalue weighted by Gasteiger charge is -2.26. The molecule has 0 atom stereocenters. The maximum absolute atomic E-state index is 13.3. The number of halogens is 1. The van der Waals surface area contributed by atoms with Crippen molar-refractivity contribution in [3.63, 3.8) is 0 Å². The minimum absolute atomic E-state index is 0.270. The van der Waals surface area contributed by atoms with Crippen LogP contribution in [0.25, 0.3) is 5.57 Å². The Labute approximate surface area is 122 Å². The first-order valence-electron chi connectivity index (χ1n) is 7.06. The molecule has 4 nitrogen and oxygen atoms in total. The number of imide groups is 1. The minimum atomic E-state index is -0.420. The predicted octanol–water partition coefficient (Wildman–Crippen LogP) is 2.00. The molecular formula is C16H16FNO3. The van der Waals surface area contributed by atoms with E-state index in [1.165, 1.54) is 29.2 Å². The number of benzene rings is 1. The van der Waals surface area contributed by atoms with Gasteiger partial charge in [-0.2, -0.15) is 0 Å². The number of carbonyl (C=O) groups is 2. The monoisotopic (exact) mass is 289 g/mol. The fourth-order valence-corrected chi connectivity index (χ4v) is 2.73. The molecule has 2 amide bonds. The molecule has 3 rings (SSSR count). The van der Waals surface area contributed by atoms with Crippen molar-refractivity contribution in [1.29, 1.82) is 0 Å². The van der Waals surface area contributed by atoms with Gasteiger partial charge in [-0.1, -0.05) is 12.1 Å². The van der Waals surface area contributed by atoms with Crippen molar-refractivity contribution < 1.29 is 18.7 Å². The highest BCUT2D eigenvalue weighted by atomic mass is 19.1. The van der Waals surface area contributed by atoms with Crippen LogP contribution in [0.3, 0.4) is 0 Å². The minimum Gasteiger partial charge on any atom is -0.381 e. The third kappa shape index (κ3) is 2.88. The predicted molar refractivity (Wildman–Crippen MR) is 74.6 cm³/mol. The van der Waals surface area contributed by atoms with E-state index in [-0.39, 0.29) is 23.3 Å². The Hall–Kier alpha value is -2.01. The van der Waals surface area contributed by atoms with Crippen LogP contribution in [0.1, 0.15) is 18.4 Å². The molecule has 0 aliphatic carbocycles. The molecule has 21 heavy (non-hydrogen) atoms. The molecule has 0 radical (unpaired) electrons. The molecule has 0 aromatic heterocycles. The zero-order valence-corrected chi connectivity index (χ0v) is 11.5. The average Bonchev–Trinajstić information content (AvgIpc) is 2.76. The smallest absolute Gasteiger partial charge is 0.261 e. The van der Waals surface area contributed by atoms with Gasteiger partial charge >= 0.3 is 0 Å². The van der Waals surface area contributed by atoms with E-state index in [1.807, 2.05) is 0 Å². The van der Waals surface area contributed by atoms with Gasteiger partial charge in [0.05, 0.1) is 5.57 Å². The first-order valence-corrected chi connectivity index (χ1v) is 7.06. The van der Waals surface area contributed by atoms with Gasteiger partial charge < -0.3 is 4.74 Å². The summed E-state index contributed by atoms with van der Waals surface area (Å²) in [6.07, 6.45) is 3.01. The Morgan fingerprint density at radius 3 is 2.71 bits per heavy atom. The molecule has 1 fully saturated rings. The maximum Gasteiger partial charge on any atom is 0.261 e. The quantitative estimate of drug-likeness (QED) is 0.800. The van der Waals surface area contributed by atoms with Gasteiger partial charge in [0.1, 0.15) is 5.82 Å². The second-order valence-corrected chi connectivity index (χ2v) is 5.38. The van der Waals surface area contributed by atoms with E-state index in [9.17, 15) is 14.0 Å². The summed E-state index contributed by atoms with van der Waals surface area (Å²) in [5, 5.41) is 0. The lowest BCUT2D eigenvalue weighted by molar-refractivity contribution is -0.137. The summed E-state index contributed by atoms with van der Waals surface area (Å²) < 4.78 is 18.5. The molecule has 0 N–H and O–H groups in total. The first kappa shape index (κ1) is 13.9. The zero-order valence-electron chi connectivity index (χ0n) is 11.5. The zero-order chi connectivity index (χ0) is 14.8. The van der Waals surface area contributed by atoms with Gasteiger partial charge in [0.25, 0.3) is 11.8 Å². The Balaban J connectivity index is 1.75. The van der Waals surface area contributed by atoms with Crippen LogP contribution in [0, 0.1) is 11.7 Å². The van der Waals surface area contributed by atoms with Crippen LogP contribution in [0.2, 0.25) is 0 Å². The summed E-state index contributed by atoms with van der Waals surface area (Å²) in [5.74, 6) is -0.786. The van der Waals surface area contributed by atoms with Crippen molar-refractivity contribution >= 4 is 17.4 Å². The van der Waals surface area contributed by atoms with E-state index in [4.69, 9.17) is 4.74 Å². The highest BCUT2D eigenvalue weighted by molar-refractivity contribution is 6.33. The van der Waals surface area contributed by atoms with Gasteiger partial charge in [-0.05, 0) is 36.5 Å². The van der Waals surface area contributed by atoms with Gasteiger partial charge in [0.15, 0.2) is 0 Å². The summed E-state index contributed by atoms with van der Waals surface area (Å²) in [6, 6.07) is 5.75. The Kier molecular flexibility index (Phi) is 3.84. The highest BCUT2D eigenvalue weighted by Crippen LogP contribution is 2.26.